The molecule has 0 spiro atoms. The average Bonchev–Trinajstić information content (AvgIpc) is 3.18. The van der Waals surface area contributed by atoms with Gasteiger partial charge in [0.25, 0.3) is 0 Å². The standard InChI is InChI=1S/C27H26ClN3O2/c1-19-16-22(17-20(2)27(19)28)33-15-14-31-24-11-7-6-10-23(24)30-25(31)18-29-26(32)13-12-21-8-4-3-5-9-21/h3-13,16-17H,14-15,18H2,1-2H3,(H,29,32)/b13-12-. The van der Waals surface area contributed by atoms with Gasteiger partial charge in [-0.2, -0.15) is 0 Å². The predicted molar refractivity (Wildman–Crippen MR) is 133 cm³/mol. The van der Waals surface area contributed by atoms with Gasteiger partial charge in [0.2, 0.25) is 5.91 Å². The molecule has 0 aliphatic rings. The molecule has 6 heteroatoms. The number of aromatic nitrogens is 2. The van der Waals surface area contributed by atoms with E-state index in [0.29, 0.717) is 19.7 Å². The fourth-order valence-corrected chi connectivity index (χ4v) is 3.82. The quantitative estimate of drug-likeness (QED) is 0.343. The Labute approximate surface area is 198 Å². The van der Waals surface area contributed by atoms with Crippen LogP contribution in [0.1, 0.15) is 22.5 Å². The molecule has 33 heavy (non-hydrogen) atoms. The van der Waals surface area contributed by atoms with Gasteiger partial charge in [-0.25, -0.2) is 4.98 Å². The molecule has 4 rings (SSSR count). The number of amides is 1. The molecule has 1 N–H and O–H groups in total. The van der Waals surface area contributed by atoms with Gasteiger partial charge in [0, 0.05) is 11.1 Å². The third-order valence-electron chi connectivity index (χ3n) is 5.37. The third-order valence-corrected chi connectivity index (χ3v) is 5.97. The molecule has 1 aromatic heterocycles. The van der Waals surface area contributed by atoms with Gasteiger partial charge >= 0.3 is 0 Å². The van der Waals surface area contributed by atoms with Crippen molar-refractivity contribution in [2.45, 2.75) is 26.9 Å². The van der Waals surface area contributed by atoms with Gasteiger partial charge in [0.05, 0.1) is 24.1 Å². The van der Waals surface area contributed by atoms with Crippen LogP contribution in [0.25, 0.3) is 17.1 Å². The Balaban J connectivity index is 1.44. The van der Waals surface area contributed by atoms with Gasteiger partial charge in [0.1, 0.15) is 18.2 Å². The van der Waals surface area contributed by atoms with Gasteiger partial charge in [-0.15, -0.1) is 0 Å². The number of hydrogen-bond acceptors (Lipinski definition) is 3. The van der Waals surface area contributed by atoms with Crippen molar-refractivity contribution in [3.63, 3.8) is 0 Å². The van der Waals surface area contributed by atoms with Crippen LogP contribution < -0.4 is 10.1 Å². The number of aryl methyl sites for hydroxylation is 2. The summed E-state index contributed by atoms with van der Waals surface area (Å²) in [5.74, 6) is 1.41. The largest absolute Gasteiger partial charge is 0.492 e. The fourth-order valence-electron chi connectivity index (χ4n) is 3.72. The third kappa shape index (κ3) is 5.62. The number of carbonyl (C=O) groups excluding carboxylic acids is 1. The normalized spacial score (nSPS) is 11.2. The molecule has 0 aliphatic heterocycles. The Kier molecular flexibility index (Phi) is 7.10. The lowest BCUT2D eigenvalue weighted by atomic mass is 10.1. The van der Waals surface area contributed by atoms with E-state index < -0.39 is 0 Å². The van der Waals surface area contributed by atoms with E-state index in [-0.39, 0.29) is 5.91 Å². The van der Waals surface area contributed by atoms with Crippen molar-refractivity contribution in [1.29, 1.82) is 0 Å². The minimum Gasteiger partial charge on any atom is -0.492 e. The molecule has 0 unspecified atom stereocenters. The first kappa shape index (κ1) is 22.6. The van der Waals surface area contributed by atoms with E-state index in [2.05, 4.69) is 9.88 Å². The monoisotopic (exact) mass is 459 g/mol. The molecule has 0 saturated heterocycles. The summed E-state index contributed by atoms with van der Waals surface area (Å²) in [6, 6.07) is 21.6. The van der Waals surface area contributed by atoms with Crippen LogP contribution in [0.3, 0.4) is 0 Å². The second-order valence-electron chi connectivity index (χ2n) is 7.85. The van der Waals surface area contributed by atoms with Crippen molar-refractivity contribution in [3.05, 3.63) is 100 Å². The second kappa shape index (κ2) is 10.4. The summed E-state index contributed by atoms with van der Waals surface area (Å²) in [5.41, 5.74) is 4.86. The van der Waals surface area contributed by atoms with E-state index in [1.807, 2.05) is 80.6 Å². The molecule has 0 atom stereocenters. The van der Waals surface area contributed by atoms with E-state index in [9.17, 15) is 4.79 Å². The number of rotatable bonds is 8. The summed E-state index contributed by atoms with van der Waals surface area (Å²) < 4.78 is 8.10. The topological polar surface area (TPSA) is 56.1 Å². The lowest BCUT2D eigenvalue weighted by molar-refractivity contribution is -0.116. The zero-order valence-corrected chi connectivity index (χ0v) is 19.5. The molecular weight excluding hydrogens is 434 g/mol. The Morgan fingerprint density at radius 3 is 2.52 bits per heavy atom. The predicted octanol–water partition coefficient (Wildman–Crippen LogP) is 5.72. The summed E-state index contributed by atoms with van der Waals surface area (Å²) in [4.78, 5) is 17.1. The molecule has 1 heterocycles. The van der Waals surface area contributed by atoms with Crippen LogP contribution in [0, 0.1) is 13.8 Å². The van der Waals surface area contributed by atoms with Crippen LogP contribution in [0.4, 0.5) is 0 Å². The first-order valence-corrected chi connectivity index (χ1v) is 11.2. The number of nitrogens with one attached hydrogen (secondary N) is 1. The van der Waals surface area contributed by atoms with E-state index in [0.717, 1.165) is 44.3 Å². The minimum absolute atomic E-state index is 0.166. The van der Waals surface area contributed by atoms with E-state index >= 15 is 0 Å². The Hall–Kier alpha value is -3.57. The van der Waals surface area contributed by atoms with E-state index in [1.54, 1.807) is 6.08 Å². The van der Waals surface area contributed by atoms with Gasteiger partial charge in [0.15, 0.2) is 0 Å². The van der Waals surface area contributed by atoms with Gasteiger partial charge in [-0.3, -0.25) is 4.79 Å². The number of imidazole rings is 1. The summed E-state index contributed by atoms with van der Waals surface area (Å²) in [6.07, 6.45) is 3.33. The zero-order chi connectivity index (χ0) is 23.2. The van der Waals surface area contributed by atoms with E-state index in [1.165, 1.54) is 6.08 Å². The highest BCUT2D eigenvalue weighted by atomic mass is 35.5. The maximum absolute atomic E-state index is 12.3. The van der Waals surface area contributed by atoms with Gasteiger partial charge in [-0.05, 0) is 60.9 Å². The highest BCUT2D eigenvalue weighted by Gasteiger charge is 2.12. The van der Waals surface area contributed by atoms with Crippen LogP contribution in [0.15, 0.2) is 72.8 Å². The molecule has 0 aliphatic carbocycles. The molecule has 0 fully saturated rings. The van der Waals surface area contributed by atoms with Crippen LogP contribution in [0.2, 0.25) is 5.02 Å². The number of halogens is 1. The summed E-state index contributed by atoms with van der Waals surface area (Å²) in [7, 11) is 0. The van der Waals surface area contributed by atoms with Crippen molar-refractivity contribution < 1.29 is 9.53 Å². The molecule has 3 aromatic carbocycles. The van der Waals surface area contributed by atoms with Crippen LogP contribution in [0.5, 0.6) is 5.75 Å². The summed E-state index contributed by atoms with van der Waals surface area (Å²) in [6.45, 7) is 5.34. The number of fused-ring (bicyclic) bond motifs is 1. The molecule has 168 valence electrons. The highest BCUT2D eigenvalue weighted by molar-refractivity contribution is 6.32. The first-order chi connectivity index (χ1) is 16.0. The maximum atomic E-state index is 12.3. The first-order valence-electron chi connectivity index (χ1n) is 10.9. The zero-order valence-electron chi connectivity index (χ0n) is 18.7. The van der Waals surface area contributed by atoms with Crippen molar-refractivity contribution in [2.75, 3.05) is 6.61 Å². The molecule has 0 bridgehead atoms. The van der Waals surface area contributed by atoms with Crippen molar-refractivity contribution in [3.8, 4) is 5.75 Å². The van der Waals surface area contributed by atoms with Gasteiger partial charge < -0.3 is 14.6 Å². The molecule has 0 saturated carbocycles. The number of ether oxygens (including phenoxy) is 1. The number of para-hydroxylation sites is 2. The van der Waals surface area contributed by atoms with Crippen LogP contribution in [-0.4, -0.2) is 22.1 Å². The summed E-state index contributed by atoms with van der Waals surface area (Å²) >= 11 is 6.26. The molecule has 0 radical (unpaired) electrons. The van der Waals surface area contributed by atoms with Crippen LogP contribution in [-0.2, 0) is 17.9 Å². The SMILES string of the molecule is Cc1cc(OCCn2c(CNC(=O)/C=C\c3ccccc3)nc3ccccc32)cc(C)c1Cl. The Morgan fingerprint density at radius 2 is 1.76 bits per heavy atom. The molecule has 1 amide bonds. The van der Waals surface area contributed by atoms with Crippen molar-refractivity contribution in [1.82, 2.24) is 14.9 Å². The van der Waals surface area contributed by atoms with E-state index in [4.69, 9.17) is 21.3 Å². The Morgan fingerprint density at radius 1 is 1.06 bits per heavy atom. The highest BCUT2D eigenvalue weighted by Crippen LogP contribution is 2.26. The summed E-state index contributed by atoms with van der Waals surface area (Å²) in [5, 5.41) is 3.70. The number of nitrogens with zero attached hydrogens (tertiary/aromatic N) is 2. The van der Waals surface area contributed by atoms with Crippen molar-refractivity contribution >= 4 is 34.6 Å². The average molecular weight is 460 g/mol. The minimum atomic E-state index is -0.166. The number of carbonyl (C=O) groups is 1. The maximum Gasteiger partial charge on any atom is 0.244 e. The van der Waals surface area contributed by atoms with Crippen molar-refractivity contribution in [2.24, 2.45) is 0 Å². The molecule has 4 aromatic rings. The molecule has 5 nitrogen and oxygen atoms in total. The fraction of sp³-hybridized carbons (Fsp3) is 0.185. The molecular formula is C27H26ClN3O2. The smallest absolute Gasteiger partial charge is 0.244 e. The lowest BCUT2D eigenvalue weighted by Crippen LogP contribution is -2.23. The Bertz CT molecular complexity index is 1270. The number of hydrogen-bond donors (Lipinski definition) is 1. The lowest BCUT2D eigenvalue weighted by Gasteiger charge is -2.13. The number of benzene rings is 3. The van der Waals surface area contributed by atoms with Gasteiger partial charge in [-0.1, -0.05) is 54.1 Å². The second-order valence-corrected chi connectivity index (χ2v) is 8.23. The van der Waals surface area contributed by atoms with Crippen LogP contribution >= 0.6 is 11.6 Å².